The van der Waals surface area contributed by atoms with Crippen molar-refractivity contribution in [2.24, 2.45) is 5.41 Å². The highest BCUT2D eigenvalue weighted by molar-refractivity contribution is 7.92. The van der Waals surface area contributed by atoms with Crippen molar-refractivity contribution in [1.29, 1.82) is 0 Å². The molecule has 62 valence electrons. The second-order valence-electron chi connectivity index (χ2n) is 4.05. The first kappa shape index (κ1) is 7.35. The summed E-state index contributed by atoms with van der Waals surface area (Å²) in [5.74, 6) is 0. The fraction of sp³-hybridized carbons (Fsp3) is 0.750. The number of allylic oxidation sites excluding steroid dienone is 1. The van der Waals surface area contributed by atoms with E-state index in [0.717, 1.165) is 19.3 Å². The summed E-state index contributed by atoms with van der Waals surface area (Å²) >= 11 is 0. The van der Waals surface area contributed by atoms with E-state index in [-0.39, 0.29) is 10.2 Å². The molecule has 0 aromatic carbocycles. The Labute approximate surface area is 67.2 Å². The standard InChI is InChI=1S/C8H12O2S/c1-3-7-4-8(5-7,6-7)11(2,9)10/h3H,1,4-6H2,2H3. The molecule has 0 aromatic rings. The molecule has 3 fully saturated rings. The second-order valence-corrected chi connectivity index (χ2v) is 6.46. The first-order valence-electron chi connectivity index (χ1n) is 3.76. The molecule has 2 nitrogen and oxygen atoms in total. The number of rotatable bonds is 2. The highest BCUT2D eigenvalue weighted by atomic mass is 32.2. The molecule has 0 saturated heterocycles. The van der Waals surface area contributed by atoms with Gasteiger partial charge in [-0.15, -0.1) is 6.58 Å². The van der Waals surface area contributed by atoms with Crippen LogP contribution in [0.25, 0.3) is 0 Å². The smallest absolute Gasteiger partial charge is 0.153 e. The van der Waals surface area contributed by atoms with Crippen LogP contribution < -0.4 is 0 Å². The number of hydrogen-bond donors (Lipinski definition) is 0. The summed E-state index contributed by atoms with van der Waals surface area (Å²) in [6.45, 7) is 3.71. The fourth-order valence-electron chi connectivity index (χ4n) is 2.38. The minimum atomic E-state index is -2.80. The van der Waals surface area contributed by atoms with E-state index in [2.05, 4.69) is 6.58 Å². The predicted molar refractivity (Wildman–Crippen MR) is 44.1 cm³/mol. The third kappa shape index (κ3) is 0.650. The van der Waals surface area contributed by atoms with Gasteiger partial charge in [-0.05, 0) is 24.7 Å². The van der Waals surface area contributed by atoms with Gasteiger partial charge < -0.3 is 0 Å². The quantitative estimate of drug-likeness (QED) is 0.585. The van der Waals surface area contributed by atoms with E-state index in [4.69, 9.17) is 0 Å². The number of sulfone groups is 1. The lowest BCUT2D eigenvalue weighted by Gasteiger charge is -2.68. The molecule has 0 heterocycles. The van der Waals surface area contributed by atoms with E-state index in [9.17, 15) is 8.42 Å². The maximum atomic E-state index is 11.2. The van der Waals surface area contributed by atoms with Crippen LogP contribution in [0.1, 0.15) is 19.3 Å². The van der Waals surface area contributed by atoms with Crippen molar-refractivity contribution >= 4 is 9.84 Å². The second kappa shape index (κ2) is 1.56. The zero-order chi connectivity index (χ0) is 8.33. The Balaban J connectivity index is 2.22. The van der Waals surface area contributed by atoms with Gasteiger partial charge >= 0.3 is 0 Å². The molecule has 11 heavy (non-hydrogen) atoms. The average Bonchev–Trinajstić information content (AvgIpc) is 1.53. The highest BCUT2D eigenvalue weighted by Crippen LogP contribution is 2.71. The van der Waals surface area contributed by atoms with Gasteiger partial charge in [-0.25, -0.2) is 8.42 Å². The molecule has 0 atom stereocenters. The molecule has 3 rings (SSSR count). The Morgan fingerprint density at radius 3 is 2.09 bits per heavy atom. The summed E-state index contributed by atoms with van der Waals surface area (Å²) in [6.07, 6.45) is 5.73. The molecule has 3 aliphatic rings. The average molecular weight is 172 g/mol. The van der Waals surface area contributed by atoms with Gasteiger partial charge in [0.1, 0.15) is 0 Å². The maximum absolute atomic E-state index is 11.2. The van der Waals surface area contributed by atoms with E-state index in [1.54, 1.807) is 0 Å². The zero-order valence-corrected chi connectivity index (χ0v) is 7.45. The van der Waals surface area contributed by atoms with Crippen LogP contribution in [0.5, 0.6) is 0 Å². The molecule has 2 bridgehead atoms. The molecule has 0 aromatic heterocycles. The normalized spacial score (nSPS) is 47.4. The van der Waals surface area contributed by atoms with Crippen LogP contribution in [-0.2, 0) is 9.84 Å². The Kier molecular flexibility index (Phi) is 1.04. The molecular formula is C8H12O2S. The van der Waals surface area contributed by atoms with Gasteiger partial charge in [-0.3, -0.25) is 0 Å². The largest absolute Gasteiger partial charge is 0.229 e. The van der Waals surface area contributed by atoms with E-state index in [0.29, 0.717) is 0 Å². The van der Waals surface area contributed by atoms with Crippen LogP contribution in [-0.4, -0.2) is 19.4 Å². The predicted octanol–water partition coefficient (Wildman–Crippen LogP) is 1.14. The lowest BCUT2D eigenvalue weighted by Crippen LogP contribution is -2.69. The Hall–Kier alpha value is -0.310. The van der Waals surface area contributed by atoms with Crippen LogP contribution in [0.4, 0.5) is 0 Å². The molecule has 0 radical (unpaired) electrons. The van der Waals surface area contributed by atoms with Crippen LogP contribution in [0.2, 0.25) is 0 Å². The molecular weight excluding hydrogens is 160 g/mol. The fourth-order valence-corrected chi connectivity index (χ4v) is 4.03. The van der Waals surface area contributed by atoms with Gasteiger partial charge in [0.2, 0.25) is 0 Å². The Bertz CT molecular complexity index is 293. The van der Waals surface area contributed by atoms with E-state index in [1.165, 1.54) is 6.26 Å². The summed E-state index contributed by atoms with van der Waals surface area (Å²) in [7, 11) is -2.80. The van der Waals surface area contributed by atoms with Gasteiger partial charge in [-0.1, -0.05) is 6.08 Å². The van der Waals surface area contributed by atoms with Crippen molar-refractivity contribution in [3.05, 3.63) is 12.7 Å². The van der Waals surface area contributed by atoms with Gasteiger partial charge in [0.05, 0.1) is 4.75 Å². The summed E-state index contributed by atoms with van der Waals surface area (Å²) in [5.41, 5.74) is 0.211. The van der Waals surface area contributed by atoms with Crippen molar-refractivity contribution in [3.63, 3.8) is 0 Å². The van der Waals surface area contributed by atoms with Crippen LogP contribution in [0, 0.1) is 5.41 Å². The lowest BCUT2D eigenvalue weighted by atomic mass is 9.44. The van der Waals surface area contributed by atoms with E-state index in [1.807, 2.05) is 6.08 Å². The maximum Gasteiger partial charge on any atom is 0.153 e. The SMILES string of the molecule is C=CC12CC(S(C)(=O)=O)(C1)C2. The molecule has 0 amide bonds. The van der Waals surface area contributed by atoms with E-state index < -0.39 is 9.84 Å². The molecule has 0 aliphatic heterocycles. The van der Waals surface area contributed by atoms with Crippen molar-refractivity contribution < 1.29 is 8.42 Å². The molecule has 0 spiro atoms. The van der Waals surface area contributed by atoms with Crippen molar-refractivity contribution in [1.82, 2.24) is 0 Å². The first-order chi connectivity index (χ1) is 4.93. The monoisotopic (exact) mass is 172 g/mol. The molecule has 0 unspecified atom stereocenters. The van der Waals surface area contributed by atoms with Gasteiger partial charge in [0.25, 0.3) is 0 Å². The first-order valence-corrected chi connectivity index (χ1v) is 5.66. The molecule has 0 N–H and O–H groups in total. The minimum Gasteiger partial charge on any atom is -0.229 e. The van der Waals surface area contributed by atoms with Gasteiger partial charge in [0, 0.05) is 6.26 Å². The van der Waals surface area contributed by atoms with Crippen LogP contribution in [0.3, 0.4) is 0 Å². The van der Waals surface area contributed by atoms with Crippen LogP contribution >= 0.6 is 0 Å². The molecule has 3 saturated carbocycles. The van der Waals surface area contributed by atoms with Crippen molar-refractivity contribution in [3.8, 4) is 0 Å². The topological polar surface area (TPSA) is 34.1 Å². The summed E-state index contributed by atoms with van der Waals surface area (Å²) in [5, 5.41) is 0. The van der Waals surface area contributed by atoms with Crippen LogP contribution in [0.15, 0.2) is 12.7 Å². The number of hydrogen-bond acceptors (Lipinski definition) is 2. The summed E-state index contributed by atoms with van der Waals surface area (Å²) in [6, 6.07) is 0. The third-order valence-corrected chi connectivity index (χ3v) is 5.25. The Morgan fingerprint density at radius 2 is 1.82 bits per heavy atom. The van der Waals surface area contributed by atoms with Gasteiger partial charge in [0.15, 0.2) is 9.84 Å². The highest BCUT2D eigenvalue weighted by Gasteiger charge is 2.71. The Morgan fingerprint density at radius 1 is 1.36 bits per heavy atom. The van der Waals surface area contributed by atoms with Gasteiger partial charge in [-0.2, -0.15) is 0 Å². The lowest BCUT2D eigenvalue weighted by molar-refractivity contribution is -0.0325. The molecule has 3 heteroatoms. The summed E-state index contributed by atoms with van der Waals surface area (Å²) in [4.78, 5) is 0. The minimum absolute atomic E-state index is 0.211. The summed E-state index contributed by atoms with van der Waals surface area (Å²) < 4.78 is 22.1. The van der Waals surface area contributed by atoms with Crippen molar-refractivity contribution in [2.75, 3.05) is 6.26 Å². The zero-order valence-electron chi connectivity index (χ0n) is 6.63. The van der Waals surface area contributed by atoms with E-state index >= 15 is 0 Å². The molecule has 3 aliphatic carbocycles. The van der Waals surface area contributed by atoms with Crippen molar-refractivity contribution in [2.45, 2.75) is 24.0 Å². The third-order valence-electron chi connectivity index (χ3n) is 3.24.